The predicted molar refractivity (Wildman–Crippen MR) is 122 cm³/mol. The first-order chi connectivity index (χ1) is 14.1. The molecule has 2 aliphatic rings. The number of benzene rings is 2. The topological polar surface area (TPSA) is 61.8 Å². The molecule has 1 fully saturated rings. The molecule has 0 aromatic heterocycles. The number of halogens is 1. The van der Waals surface area contributed by atoms with Crippen LogP contribution in [0.1, 0.15) is 49.3 Å². The van der Waals surface area contributed by atoms with E-state index in [0.29, 0.717) is 6.54 Å². The van der Waals surface area contributed by atoms with Gasteiger partial charge in [0.1, 0.15) is 5.75 Å². The Hall–Kier alpha value is -2.08. The zero-order valence-corrected chi connectivity index (χ0v) is 18.5. The van der Waals surface area contributed by atoms with E-state index >= 15 is 0 Å². The van der Waals surface area contributed by atoms with Crippen LogP contribution in [0.25, 0.3) is 0 Å². The van der Waals surface area contributed by atoms with Crippen molar-refractivity contribution in [2.24, 2.45) is 0 Å². The first-order valence-electron chi connectivity index (χ1n) is 10.5. The van der Waals surface area contributed by atoms with Crippen LogP contribution in [0.2, 0.25) is 0 Å². The fraction of sp³-hybridized carbons (Fsp3) is 0.458. The Morgan fingerprint density at radius 3 is 2.47 bits per heavy atom. The number of carbonyl (C=O) groups excluding carboxylic acids is 1. The molecule has 0 radical (unpaired) electrons. The number of anilines is 1. The second kappa shape index (κ2) is 9.38. The second-order valence-corrected chi connectivity index (χ2v) is 8.18. The molecule has 162 valence electrons. The summed E-state index contributed by atoms with van der Waals surface area (Å²) in [5.74, 6) is 0.841. The minimum atomic E-state index is -0.732. The van der Waals surface area contributed by atoms with Crippen molar-refractivity contribution in [3.63, 3.8) is 0 Å². The average Bonchev–Trinajstić information content (AvgIpc) is 2.98. The molecule has 0 unspecified atom stereocenters. The van der Waals surface area contributed by atoms with Gasteiger partial charge in [-0.05, 0) is 37.1 Å². The first-order valence-corrected chi connectivity index (χ1v) is 10.5. The number of hydrogen-bond donors (Lipinski definition) is 2. The number of likely N-dealkylation sites (N-methyl/N-ethyl adjacent to an activating group) is 1. The van der Waals surface area contributed by atoms with Crippen molar-refractivity contribution >= 4 is 24.0 Å². The Morgan fingerprint density at radius 1 is 1.13 bits per heavy atom. The van der Waals surface area contributed by atoms with Crippen molar-refractivity contribution in [3.05, 3.63) is 59.7 Å². The highest BCUT2D eigenvalue weighted by atomic mass is 35.5. The van der Waals surface area contributed by atoms with Crippen LogP contribution in [0, 0.1) is 0 Å². The van der Waals surface area contributed by atoms with Crippen LogP contribution in [0.4, 0.5) is 5.69 Å². The molecule has 2 N–H and O–H groups in total. The average molecular weight is 431 g/mol. The third-order valence-corrected chi connectivity index (χ3v) is 6.51. The molecule has 30 heavy (non-hydrogen) atoms. The van der Waals surface area contributed by atoms with Crippen molar-refractivity contribution in [2.45, 2.75) is 49.7 Å². The largest absolute Gasteiger partial charge is 0.497 e. The number of hydrogen-bond acceptors (Lipinski definition) is 4. The highest BCUT2D eigenvalue weighted by Crippen LogP contribution is 2.53. The third kappa shape index (κ3) is 3.70. The number of aliphatic hydroxyl groups is 1. The Balaban J connectivity index is 0.00000256. The van der Waals surface area contributed by atoms with Crippen LogP contribution < -0.4 is 15.0 Å². The number of rotatable bonds is 6. The van der Waals surface area contributed by atoms with E-state index in [9.17, 15) is 9.90 Å². The van der Waals surface area contributed by atoms with Gasteiger partial charge in [-0.25, -0.2) is 0 Å². The molecule has 1 amide bonds. The number of fused-ring (bicyclic) bond motifs is 2. The predicted octanol–water partition coefficient (Wildman–Crippen LogP) is 3.99. The summed E-state index contributed by atoms with van der Waals surface area (Å²) >= 11 is 0. The van der Waals surface area contributed by atoms with Gasteiger partial charge in [-0.15, -0.1) is 12.4 Å². The molecular weight excluding hydrogens is 400 g/mol. The van der Waals surface area contributed by atoms with Gasteiger partial charge in [0.2, 0.25) is 5.91 Å². The van der Waals surface area contributed by atoms with E-state index < -0.39 is 17.6 Å². The molecule has 2 aromatic rings. The van der Waals surface area contributed by atoms with Crippen molar-refractivity contribution in [1.29, 1.82) is 0 Å². The summed E-state index contributed by atoms with van der Waals surface area (Å²) in [6.07, 6.45) is 4.28. The minimum Gasteiger partial charge on any atom is -0.497 e. The van der Waals surface area contributed by atoms with Gasteiger partial charge in [-0.2, -0.15) is 0 Å². The molecule has 0 bridgehead atoms. The highest BCUT2D eigenvalue weighted by molar-refractivity contribution is 6.09. The Labute approximate surface area is 184 Å². The lowest BCUT2D eigenvalue weighted by molar-refractivity contribution is -0.125. The quantitative estimate of drug-likeness (QED) is 0.727. The lowest BCUT2D eigenvalue weighted by atomic mass is 9.70. The maximum Gasteiger partial charge on any atom is 0.238 e. The minimum absolute atomic E-state index is 0. The van der Waals surface area contributed by atoms with E-state index in [2.05, 4.69) is 11.4 Å². The number of nitrogens with zero attached hydrogens (tertiary/aromatic N) is 1. The molecule has 6 heteroatoms. The monoisotopic (exact) mass is 430 g/mol. The van der Waals surface area contributed by atoms with Crippen molar-refractivity contribution in [2.75, 3.05) is 25.6 Å². The van der Waals surface area contributed by atoms with Gasteiger partial charge in [0.15, 0.2) is 0 Å². The van der Waals surface area contributed by atoms with Crippen LogP contribution in [0.15, 0.2) is 48.5 Å². The Kier molecular flexibility index (Phi) is 7.06. The van der Waals surface area contributed by atoms with E-state index in [1.54, 1.807) is 7.11 Å². The molecule has 1 saturated carbocycles. The van der Waals surface area contributed by atoms with E-state index in [1.165, 1.54) is 6.42 Å². The van der Waals surface area contributed by atoms with Crippen LogP contribution in [0.5, 0.6) is 5.75 Å². The molecule has 1 aliphatic carbocycles. The van der Waals surface area contributed by atoms with E-state index in [-0.39, 0.29) is 18.3 Å². The van der Waals surface area contributed by atoms with Crippen molar-refractivity contribution < 1.29 is 14.6 Å². The SMILES string of the molecule is CNC[C@@H](O)[C@H](c1ccccc1)N1C(=O)C2(CCCCC2)c2ccc(OC)cc21.Cl. The molecule has 1 aliphatic heterocycles. The first kappa shape index (κ1) is 22.6. The molecule has 2 atom stereocenters. The van der Waals surface area contributed by atoms with Gasteiger partial charge in [0.05, 0.1) is 30.4 Å². The van der Waals surface area contributed by atoms with Gasteiger partial charge < -0.3 is 20.1 Å². The third-order valence-electron chi connectivity index (χ3n) is 6.51. The summed E-state index contributed by atoms with van der Waals surface area (Å²) < 4.78 is 5.48. The molecular formula is C24H31ClN2O3. The molecule has 2 aromatic carbocycles. The Bertz CT molecular complexity index is 868. The summed E-state index contributed by atoms with van der Waals surface area (Å²) in [7, 11) is 3.46. The summed E-state index contributed by atoms with van der Waals surface area (Å²) in [5, 5.41) is 14.2. The second-order valence-electron chi connectivity index (χ2n) is 8.18. The molecule has 0 saturated heterocycles. The zero-order chi connectivity index (χ0) is 20.4. The lowest BCUT2D eigenvalue weighted by Gasteiger charge is -2.36. The lowest BCUT2D eigenvalue weighted by Crippen LogP contribution is -2.47. The molecule has 5 nitrogen and oxygen atoms in total. The van der Waals surface area contributed by atoms with Gasteiger partial charge in [-0.1, -0.05) is 55.7 Å². The van der Waals surface area contributed by atoms with Gasteiger partial charge in [0, 0.05) is 12.6 Å². The highest BCUT2D eigenvalue weighted by Gasteiger charge is 2.53. The van der Waals surface area contributed by atoms with E-state index in [0.717, 1.165) is 48.2 Å². The van der Waals surface area contributed by atoms with Gasteiger partial charge in [0.25, 0.3) is 0 Å². The number of methoxy groups -OCH3 is 1. The van der Waals surface area contributed by atoms with Crippen LogP contribution in [-0.4, -0.2) is 37.8 Å². The van der Waals surface area contributed by atoms with Crippen LogP contribution in [-0.2, 0) is 10.2 Å². The maximum atomic E-state index is 14.0. The summed E-state index contributed by atoms with van der Waals surface area (Å²) in [4.78, 5) is 15.9. The summed E-state index contributed by atoms with van der Waals surface area (Å²) in [6, 6.07) is 15.4. The van der Waals surface area contributed by atoms with Gasteiger partial charge in [-0.3, -0.25) is 4.79 Å². The molecule has 4 rings (SSSR count). The maximum absolute atomic E-state index is 14.0. The summed E-state index contributed by atoms with van der Waals surface area (Å²) in [5.41, 5.74) is 2.41. The summed E-state index contributed by atoms with van der Waals surface area (Å²) in [6.45, 7) is 0.398. The number of aliphatic hydroxyl groups excluding tert-OH is 1. The standard InChI is InChI=1S/C24H30N2O3.ClH/c1-25-16-21(27)22(17-9-5-3-6-10-17)26-20-15-18(29-2)11-12-19(20)24(23(26)28)13-7-4-8-14-24;/h3,5-6,9-12,15,21-22,25,27H,4,7-8,13-14,16H2,1-2H3;1H/t21-,22+;/m1./s1. The van der Waals surface area contributed by atoms with E-state index in [4.69, 9.17) is 4.74 Å². The fourth-order valence-corrected chi connectivity index (χ4v) is 5.13. The fourth-order valence-electron chi connectivity index (χ4n) is 5.13. The van der Waals surface area contributed by atoms with Gasteiger partial charge >= 0.3 is 0 Å². The van der Waals surface area contributed by atoms with Crippen LogP contribution in [0.3, 0.4) is 0 Å². The van der Waals surface area contributed by atoms with Crippen molar-refractivity contribution in [3.8, 4) is 5.75 Å². The number of carbonyl (C=O) groups is 1. The number of nitrogens with one attached hydrogen (secondary N) is 1. The smallest absolute Gasteiger partial charge is 0.238 e. The normalized spacial score (nSPS) is 19.2. The molecule has 1 heterocycles. The van der Waals surface area contributed by atoms with Crippen molar-refractivity contribution in [1.82, 2.24) is 5.32 Å². The number of ether oxygens (including phenoxy) is 1. The van der Waals surface area contributed by atoms with Crippen LogP contribution >= 0.6 is 12.4 Å². The zero-order valence-electron chi connectivity index (χ0n) is 17.6. The Morgan fingerprint density at radius 2 is 1.83 bits per heavy atom. The van der Waals surface area contributed by atoms with E-state index in [1.807, 2.05) is 54.4 Å². The number of amides is 1. The molecule has 1 spiro atoms.